The number of amides is 4. The Morgan fingerprint density at radius 1 is 0.587 bits per heavy atom. The fourth-order valence-corrected chi connectivity index (χ4v) is 7.08. The third-order valence-electron chi connectivity index (χ3n) is 9.90. The summed E-state index contributed by atoms with van der Waals surface area (Å²) in [4.78, 5) is 72.2. The van der Waals surface area contributed by atoms with E-state index in [1.165, 1.54) is 0 Å². The molecule has 0 fully saturated rings. The number of fused-ring (bicyclic) bond motifs is 6. The van der Waals surface area contributed by atoms with Crippen molar-refractivity contribution in [3.8, 4) is 23.0 Å². The minimum atomic E-state index is -1.49. The molecule has 19 nitrogen and oxygen atoms in total. The molecule has 2 unspecified atom stereocenters. The van der Waals surface area contributed by atoms with Gasteiger partial charge in [0.25, 0.3) is 0 Å². The molecule has 0 aliphatic carbocycles. The van der Waals surface area contributed by atoms with Crippen LogP contribution in [0.5, 0.6) is 23.0 Å². The summed E-state index contributed by atoms with van der Waals surface area (Å²) in [5.74, 6) is -0.960. The molecule has 19 heteroatoms. The Hall–Kier alpha value is -8.61. The van der Waals surface area contributed by atoms with Crippen LogP contribution >= 0.6 is 0 Å². The molecular weight excluding hydrogens is 813 g/mol. The van der Waals surface area contributed by atoms with E-state index >= 15 is 0 Å². The van der Waals surface area contributed by atoms with Gasteiger partial charge >= 0.3 is 30.1 Å². The molecule has 0 radical (unpaired) electrons. The molecule has 2 heterocycles. The minimum Gasteiger partial charge on any atom is -0.456 e. The summed E-state index contributed by atoms with van der Waals surface area (Å²) in [5.41, 5.74) is 23.0. The number of ether oxygens (including phenoxy) is 4. The van der Waals surface area contributed by atoms with Gasteiger partial charge in [0.15, 0.2) is 5.60 Å². The fraction of sp³-hybridized carbons (Fsp3) is 0.159. The predicted octanol–water partition coefficient (Wildman–Crippen LogP) is -0.0658. The number of para-hydroxylation sites is 2. The van der Waals surface area contributed by atoms with E-state index in [-0.39, 0.29) is 72.2 Å². The molecule has 2 aliphatic heterocycles. The lowest BCUT2D eigenvalue weighted by atomic mass is 9.77. The number of anilines is 2. The molecule has 14 N–H and O–H groups in total. The molecule has 0 saturated heterocycles. The van der Waals surface area contributed by atoms with Crippen LogP contribution in [0.3, 0.4) is 0 Å². The van der Waals surface area contributed by atoms with Gasteiger partial charge in [-0.1, -0.05) is 54.6 Å². The largest absolute Gasteiger partial charge is 0.456 e. The van der Waals surface area contributed by atoms with Crippen molar-refractivity contribution in [1.29, 1.82) is 0 Å². The standard InChI is InChI=1S/C44H42N10O9/c45-40(46)49-21-19-33(53-42(58)60-27-9-3-1-4-10-27)37(55)51-25-15-17-31-35(23-25)62-36-24-26(16-18-32(36)44(31)30-14-8-7-13-29(30)39(57)63-44)52-38(56)34(20-22-50-41(47)48)54-43(59)61-28-11-5-2-6-12-28/h1-18,23-24,33-34H,19-22H2,(H,51,55)(H,52,56)(H,53,58)(H,54,59)(H4,45,46,49)(H4,47,48,50)/p+2. The Balaban J connectivity index is 1.17. The topological polar surface area (TPSA) is 302 Å². The van der Waals surface area contributed by atoms with E-state index in [0.29, 0.717) is 22.3 Å². The third-order valence-corrected chi connectivity index (χ3v) is 9.90. The molecule has 5 aromatic carbocycles. The Morgan fingerprint density at radius 3 is 1.49 bits per heavy atom. The van der Waals surface area contributed by atoms with Gasteiger partial charge in [-0.05, 0) is 54.6 Å². The Bertz CT molecular complexity index is 2450. The number of benzene rings is 5. The lowest BCUT2D eigenvalue weighted by Crippen LogP contribution is -2.78. The smallest absolute Gasteiger partial charge is 0.413 e. The van der Waals surface area contributed by atoms with E-state index < -0.39 is 47.7 Å². The number of nitrogens with one attached hydrogen (secondary N) is 6. The van der Waals surface area contributed by atoms with E-state index in [2.05, 4.69) is 31.3 Å². The van der Waals surface area contributed by atoms with E-state index in [9.17, 15) is 24.0 Å². The lowest BCUT2D eigenvalue weighted by Gasteiger charge is -2.37. The molecule has 5 aromatic rings. The third kappa shape index (κ3) is 9.89. The van der Waals surface area contributed by atoms with Crippen LogP contribution < -0.4 is 68.4 Å². The molecule has 63 heavy (non-hydrogen) atoms. The molecule has 0 saturated carbocycles. The van der Waals surface area contributed by atoms with Crippen LogP contribution in [0, 0.1) is 0 Å². The van der Waals surface area contributed by atoms with Crippen molar-refractivity contribution >= 4 is 53.3 Å². The highest BCUT2D eigenvalue weighted by Gasteiger charge is 2.53. The van der Waals surface area contributed by atoms with Crippen LogP contribution in [-0.4, -0.2) is 67.1 Å². The van der Waals surface area contributed by atoms with Gasteiger partial charge in [-0.25, -0.2) is 14.4 Å². The van der Waals surface area contributed by atoms with Gasteiger partial charge < -0.3 is 40.2 Å². The number of rotatable bonds is 14. The summed E-state index contributed by atoms with van der Waals surface area (Å²) in [5, 5.41) is 10.8. The zero-order valence-electron chi connectivity index (χ0n) is 33.5. The molecular formula is C44H44N10O9+2. The molecule has 4 amide bonds. The fourth-order valence-electron chi connectivity index (χ4n) is 7.08. The number of carbonyl (C=O) groups excluding carboxylic acids is 5. The highest BCUT2D eigenvalue weighted by atomic mass is 16.6. The minimum absolute atomic E-state index is 0.0629. The maximum atomic E-state index is 13.8. The molecule has 0 aromatic heterocycles. The summed E-state index contributed by atoms with van der Waals surface area (Å²) in [7, 11) is 0. The van der Waals surface area contributed by atoms with Gasteiger partial charge in [0.05, 0.1) is 18.7 Å². The first-order valence-corrected chi connectivity index (χ1v) is 19.6. The Labute approximate surface area is 359 Å². The van der Waals surface area contributed by atoms with Crippen molar-refractivity contribution in [2.24, 2.45) is 22.9 Å². The predicted molar refractivity (Wildman–Crippen MR) is 228 cm³/mol. The van der Waals surface area contributed by atoms with Crippen LogP contribution in [0.15, 0.2) is 121 Å². The number of esters is 1. The lowest BCUT2D eigenvalue weighted by molar-refractivity contribution is -0.460. The second-order valence-electron chi connectivity index (χ2n) is 14.3. The van der Waals surface area contributed by atoms with E-state index in [1.807, 2.05) is 0 Å². The van der Waals surface area contributed by atoms with Gasteiger partial charge in [-0.3, -0.25) is 42.5 Å². The van der Waals surface area contributed by atoms with E-state index in [4.69, 9.17) is 41.9 Å². The second kappa shape index (κ2) is 18.8. The van der Waals surface area contributed by atoms with Crippen molar-refractivity contribution in [2.75, 3.05) is 23.7 Å². The van der Waals surface area contributed by atoms with Gasteiger partial charge in [0.1, 0.15) is 35.1 Å². The average molecular weight is 857 g/mol. The number of hydrogen-bond donors (Lipinski definition) is 10. The van der Waals surface area contributed by atoms with Gasteiger partial charge in [-0.15, -0.1) is 0 Å². The van der Waals surface area contributed by atoms with Crippen LogP contribution in [-0.2, 0) is 19.9 Å². The van der Waals surface area contributed by atoms with Crippen molar-refractivity contribution < 1.29 is 52.9 Å². The van der Waals surface area contributed by atoms with E-state index in [1.54, 1.807) is 121 Å². The van der Waals surface area contributed by atoms with Gasteiger partial charge in [0.2, 0.25) is 11.8 Å². The van der Waals surface area contributed by atoms with Crippen molar-refractivity contribution in [1.82, 2.24) is 10.6 Å². The molecule has 2 aliphatic rings. The van der Waals surface area contributed by atoms with Crippen LogP contribution in [0.2, 0.25) is 0 Å². The number of guanidine groups is 2. The number of nitrogens with two attached hydrogens (primary N) is 4. The monoisotopic (exact) mass is 856 g/mol. The first-order chi connectivity index (χ1) is 30.4. The van der Waals surface area contributed by atoms with Gasteiger partial charge in [0, 0.05) is 53.0 Å². The average Bonchev–Trinajstić information content (AvgIpc) is 3.55. The molecule has 2 atom stereocenters. The van der Waals surface area contributed by atoms with E-state index in [0.717, 1.165) is 0 Å². The highest BCUT2D eigenvalue weighted by Crippen LogP contribution is 2.56. The Morgan fingerprint density at radius 2 is 1.03 bits per heavy atom. The maximum absolute atomic E-state index is 13.8. The zero-order valence-corrected chi connectivity index (χ0v) is 33.5. The first-order valence-electron chi connectivity index (χ1n) is 19.6. The van der Waals surface area contributed by atoms with Crippen LogP contribution in [0.1, 0.15) is 39.9 Å². The molecule has 1 spiro atoms. The molecule has 7 rings (SSSR count). The number of carbonyl (C=O) groups is 5. The van der Waals surface area contributed by atoms with Crippen LogP contribution in [0.4, 0.5) is 21.0 Å². The second-order valence-corrected chi connectivity index (χ2v) is 14.3. The van der Waals surface area contributed by atoms with Crippen molar-refractivity contribution in [3.63, 3.8) is 0 Å². The van der Waals surface area contributed by atoms with Crippen molar-refractivity contribution in [3.05, 3.63) is 144 Å². The Kier molecular flexibility index (Phi) is 12.7. The zero-order chi connectivity index (χ0) is 44.5. The highest BCUT2D eigenvalue weighted by molar-refractivity contribution is 5.99. The first kappa shape index (κ1) is 42.5. The summed E-state index contributed by atoms with van der Waals surface area (Å²) in [6.45, 7) is 0.267. The number of hydrogen-bond acceptors (Lipinski definition) is 9. The normalized spacial score (nSPS) is 15.0. The summed E-state index contributed by atoms with van der Waals surface area (Å²) in [6, 6.07) is 31.0. The summed E-state index contributed by atoms with van der Waals surface area (Å²) >= 11 is 0. The molecule has 0 bridgehead atoms. The van der Waals surface area contributed by atoms with Crippen LogP contribution in [0.25, 0.3) is 0 Å². The summed E-state index contributed by atoms with van der Waals surface area (Å²) < 4.78 is 23.4. The maximum Gasteiger partial charge on any atom is 0.413 e. The van der Waals surface area contributed by atoms with Gasteiger partial charge in [-0.2, -0.15) is 0 Å². The summed E-state index contributed by atoms with van der Waals surface area (Å²) in [6.07, 6.45) is -1.61. The van der Waals surface area contributed by atoms with Crippen molar-refractivity contribution in [2.45, 2.75) is 30.5 Å². The molecule has 322 valence electrons. The SMILES string of the molecule is NC(N)=[NH+]CCC(NC(=O)Oc1ccccc1)C(=O)Nc1ccc2c(c1)Oc1cc(NC(=O)C(CC[NH+]=C(N)N)NC(=O)Oc3ccccc3)ccc1C21OC(=O)c2ccccc21. The quantitative estimate of drug-likeness (QED) is 0.0398.